The molecule has 0 saturated heterocycles. The van der Waals surface area contributed by atoms with Crippen LogP contribution >= 0.6 is 0 Å². The number of terminal acetylenes is 1. The summed E-state index contributed by atoms with van der Waals surface area (Å²) in [5.41, 5.74) is -0.598. The van der Waals surface area contributed by atoms with Gasteiger partial charge in [0.15, 0.2) is 0 Å². The summed E-state index contributed by atoms with van der Waals surface area (Å²) in [6, 6.07) is 0.369. The Hall–Kier alpha value is -1.01. The topological polar surface area (TPSA) is 49.3 Å². The summed E-state index contributed by atoms with van der Waals surface area (Å²) in [4.78, 5) is 11.5. The molecule has 0 aromatic heterocycles. The first-order chi connectivity index (χ1) is 12.2. The number of amides is 1. The second kappa shape index (κ2) is 5.99. The Morgan fingerprint density at radius 3 is 2.50 bits per heavy atom. The van der Waals surface area contributed by atoms with Crippen LogP contribution in [0.2, 0.25) is 0 Å². The minimum absolute atomic E-state index is 0.0977. The maximum Gasteiger partial charge on any atom is 0.217 e. The molecular formula is C23H35NO2. The highest BCUT2D eigenvalue weighted by Gasteiger charge is 2.64. The number of hydrogen-bond donors (Lipinski definition) is 2. The summed E-state index contributed by atoms with van der Waals surface area (Å²) < 4.78 is 0. The molecule has 1 amide bonds. The van der Waals surface area contributed by atoms with Crippen molar-refractivity contribution < 1.29 is 9.90 Å². The number of fused-ring (bicyclic) bond motifs is 5. The average Bonchev–Trinajstić information content (AvgIpc) is 2.87. The molecule has 4 rings (SSSR count). The lowest BCUT2D eigenvalue weighted by Crippen LogP contribution is -2.57. The normalized spacial score (nSPS) is 53.0. The predicted octanol–water partition coefficient (Wildman–Crippen LogP) is 3.90. The molecule has 0 spiro atoms. The number of hydrogen-bond acceptors (Lipinski definition) is 2. The Labute approximate surface area is 158 Å². The van der Waals surface area contributed by atoms with Crippen LogP contribution in [0, 0.1) is 46.8 Å². The van der Waals surface area contributed by atoms with E-state index in [0.717, 1.165) is 49.9 Å². The summed E-state index contributed by atoms with van der Waals surface area (Å²) >= 11 is 0. The highest BCUT2D eigenvalue weighted by atomic mass is 16.3. The molecular weight excluding hydrogens is 322 g/mol. The van der Waals surface area contributed by atoms with Gasteiger partial charge in [-0.25, -0.2) is 0 Å². The van der Waals surface area contributed by atoms with Crippen molar-refractivity contribution in [1.82, 2.24) is 5.32 Å². The van der Waals surface area contributed by atoms with Gasteiger partial charge in [-0.1, -0.05) is 19.8 Å². The highest BCUT2D eigenvalue weighted by Crippen LogP contribution is 2.68. The Kier molecular flexibility index (Phi) is 4.23. The van der Waals surface area contributed by atoms with E-state index in [1.54, 1.807) is 6.92 Å². The lowest BCUT2D eigenvalue weighted by molar-refractivity contribution is -0.138. The number of carbonyl (C=O) groups excluding carboxylic acids is 1. The highest BCUT2D eigenvalue weighted by molar-refractivity contribution is 5.73. The maximum atomic E-state index is 11.5. The van der Waals surface area contributed by atoms with Gasteiger partial charge in [-0.2, -0.15) is 0 Å². The monoisotopic (exact) mass is 357 g/mol. The second-order valence-electron chi connectivity index (χ2n) is 10.3. The van der Waals surface area contributed by atoms with Crippen molar-refractivity contribution in [3.63, 3.8) is 0 Å². The molecule has 0 aromatic carbocycles. The van der Waals surface area contributed by atoms with Gasteiger partial charge in [-0.05, 0) is 86.9 Å². The lowest BCUT2D eigenvalue weighted by Gasteiger charge is -2.61. The average molecular weight is 358 g/mol. The van der Waals surface area contributed by atoms with Crippen LogP contribution in [-0.2, 0) is 4.79 Å². The van der Waals surface area contributed by atoms with E-state index in [1.165, 1.54) is 25.7 Å². The first-order valence-electron chi connectivity index (χ1n) is 10.7. The molecule has 0 radical (unpaired) electrons. The van der Waals surface area contributed by atoms with Crippen LogP contribution in [0.4, 0.5) is 0 Å². The fourth-order valence-electron chi connectivity index (χ4n) is 7.93. The van der Waals surface area contributed by atoms with Crippen LogP contribution in [0.1, 0.15) is 78.6 Å². The van der Waals surface area contributed by atoms with E-state index in [1.807, 2.05) is 0 Å². The standard InChI is InChI=1S/C23H35NO2/c1-5-23(26)13-10-20-18-7-6-16-14-17(24-15(2)25)8-11-21(16,3)19(18)9-12-22(20,23)4/h1,16-20,26H,6-14H2,2-4H3,(H,24,25)/t16-,17-,18+,19-,20-,21-,22-,23+/m0/s1. The Morgan fingerprint density at radius 1 is 1.08 bits per heavy atom. The summed E-state index contributed by atoms with van der Waals surface area (Å²) in [5, 5.41) is 14.3. The molecule has 4 saturated carbocycles. The van der Waals surface area contributed by atoms with Gasteiger partial charge in [0, 0.05) is 18.4 Å². The van der Waals surface area contributed by atoms with E-state index in [-0.39, 0.29) is 11.3 Å². The Bertz CT molecular complexity index is 639. The van der Waals surface area contributed by atoms with Gasteiger partial charge in [0.25, 0.3) is 0 Å². The van der Waals surface area contributed by atoms with E-state index in [0.29, 0.717) is 17.4 Å². The number of aliphatic hydroxyl groups is 1. The maximum absolute atomic E-state index is 11.5. The Balaban J connectivity index is 1.56. The summed E-state index contributed by atoms with van der Waals surface area (Å²) in [6.07, 6.45) is 16.0. The van der Waals surface area contributed by atoms with E-state index < -0.39 is 5.60 Å². The van der Waals surface area contributed by atoms with Crippen molar-refractivity contribution in [3.8, 4) is 12.3 Å². The molecule has 0 heterocycles. The van der Waals surface area contributed by atoms with Crippen molar-refractivity contribution in [1.29, 1.82) is 0 Å². The Morgan fingerprint density at radius 2 is 1.81 bits per heavy atom. The van der Waals surface area contributed by atoms with Gasteiger partial charge >= 0.3 is 0 Å². The van der Waals surface area contributed by atoms with Crippen molar-refractivity contribution in [2.75, 3.05) is 0 Å². The molecule has 3 nitrogen and oxygen atoms in total. The minimum Gasteiger partial charge on any atom is -0.377 e. The van der Waals surface area contributed by atoms with Crippen molar-refractivity contribution in [3.05, 3.63) is 0 Å². The molecule has 4 aliphatic carbocycles. The van der Waals surface area contributed by atoms with Crippen LogP contribution in [0.3, 0.4) is 0 Å². The van der Waals surface area contributed by atoms with Crippen molar-refractivity contribution >= 4 is 5.91 Å². The van der Waals surface area contributed by atoms with Crippen LogP contribution in [0.25, 0.3) is 0 Å². The van der Waals surface area contributed by atoms with Crippen molar-refractivity contribution in [2.24, 2.45) is 34.5 Å². The first kappa shape index (κ1) is 18.4. The molecule has 4 aliphatic rings. The summed E-state index contributed by atoms with van der Waals surface area (Å²) in [5.74, 6) is 5.68. The van der Waals surface area contributed by atoms with Gasteiger partial charge in [0.1, 0.15) is 5.60 Å². The number of carbonyl (C=O) groups is 1. The fourth-order valence-corrected chi connectivity index (χ4v) is 7.93. The quantitative estimate of drug-likeness (QED) is 0.699. The van der Waals surface area contributed by atoms with Gasteiger partial charge in [0.2, 0.25) is 5.91 Å². The van der Waals surface area contributed by atoms with Gasteiger partial charge < -0.3 is 10.4 Å². The molecule has 0 bridgehead atoms. The molecule has 8 atom stereocenters. The number of nitrogens with one attached hydrogen (secondary N) is 1. The van der Waals surface area contributed by atoms with E-state index in [2.05, 4.69) is 25.1 Å². The van der Waals surface area contributed by atoms with E-state index in [4.69, 9.17) is 6.42 Å². The van der Waals surface area contributed by atoms with Crippen LogP contribution in [0.5, 0.6) is 0 Å². The molecule has 4 fully saturated rings. The molecule has 0 unspecified atom stereocenters. The molecule has 0 aromatic rings. The van der Waals surface area contributed by atoms with Crippen LogP contribution < -0.4 is 5.32 Å². The third kappa shape index (κ3) is 2.40. The zero-order valence-electron chi connectivity index (χ0n) is 16.7. The molecule has 0 aliphatic heterocycles. The van der Waals surface area contributed by atoms with E-state index >= 15 is 0 Å². The summed E-state index contributed by atoms with van der Waals surface area (Å²) in [7, 11) is 0. The number of rotatable bonds is 1. The largest absolute Gasteiger partial charge is 0.377 e. The molecule has 2 N–H and O–H groups in total. The van der Waals surface area contributed by atoms with Crippen molar-refractivity contribution in [2.45, 2.75) is 90.2 Å². The lowest BCUT2D eigenvalue weighted by atomic mass is 9.44. The zero-order valence-corrected chi connectivity index (χ0v) is 16.7. The third-order valence-electron chi connectivity index (χ3n) is 9.46. The van der Waals surface area contributed by atoms with Crippen LogP contribution in [0.15, 0.2) is 0 Å². The SMILES string of the molecule is C#C[C@@]1(O)CC[C@H]2[C@@H]3CC[C@H]4C[C@@H](NC(C)=O)CC[C@]4(C)[C@H]3CC[C@@]21C. The molecule has 3 heteroatoms. The van der Waals surface area contributed by atoms with E-state index in [9.17, 15) is 9.90 Å². The second-order valence-corrected chi connectivity index (χ2v) is 10.3. The van der Waals surface area contributed by atoms with Gasteiger partial charge in [-0.3, -0.25) is 4.79 Å². The first-order valence-corrected chi connectivity index (χ1v) is 10.7. The minimum atomic E-state index is -0.899. The van der Waals surface area contributed by atoms with Gasteiger partial charge in [0.05, 0.1) is 0 Å². The predicted molar refractivity (Wildman–Crippen MR) is 103 cm³/mol. The van der Waals surface area contributed by atoms with Gasteiger partial charge in [-0.15, -0.1) is 6.42 Å². The fraction of sp³-hybridized carbons (Fsp3) is 0.870. The smallest absolute Gasteiger partial charge is 0.217 e. The zero-order chi connectivity index (χ0) is 18.7. The molecule has 26 heavy (non-hydrogen) atoms. The van der Waals surface area contributed by atoms with Crippen LogP contribution in [-0.4, -0.2) is 22.7 Å². The third-order valence-corrected chi connectivity index (χ3v) is 9.46. The summed E-state index contributed by atoms with van der Waals surface area (Å²) in [6.45, 7) is 6.44. The molecule has 144 valence electrons.